The van der Waals surface area contributed by atoms with E-state index in [1.54, 1.807) is 36.4 Å². The summed E-state index contributed by atoms with van der Waals surface area (Å²) in [6.07, 6.45) is 4.32. The Morgan fingerprint density at radius 1 is 0.929 bits per heavy atom. The SMILES string of the molecule is Cc1ccc(S(=O)(=O)N2CCc3cc(S(=O)(=O)NC4CCCC4)ccc32)cc1. The first kappa shape index (κ1) is 19.4. The molecule has 1 saturated carbocycles. The number of hydrogen-bond acceptors (Lipinski definition) is 4. The molecule has 0 aromatic heterocycles. The van der Waals surface area contributed by atoms with Crippen molar-refractivity contribution in [2.75, 3.05) is 10.8 Å². The van der Waals surface area contributed by atoms with Gasteiger partial charge in [0, 0.05) is 12.6 Å². The zero-order chi connectivity index (χ0) is 19.9. The summed E-state index contributed by atoms with van der Waals surface area (Å²) in [5.41, 5.74) is 2.29. The van der Waals surface area contributed by atoms with Gasteiger partial charge in [-0.25, -0.2) is 21.6 Å². The number of sulfonamides is 2. The van der Waals surface area contributed by atoms with Crippen molar-refractivity contribution in [3.8, 4) is 0 Å². The van der Waals surface area contributed by atoms with E-state index >= 15 is 0 Å². The van der Waals surface area contributed by atoms with Crippen molar-refractivity contribution >= 4 is 25.7 Å². The number of nitrogens with zero attached hydrogens (tertiary/aromatic N) is 1. The Kier molecular flexibility index (Phi) is 4.97. The maximum atomic E-state index is 13.0. The second-order valence-electron chi connectivity index (χ2n) is 7.53. The van der Waals surface area contributed by atoms with Gasteiger partial charge in [0.2, 0.25) is 10.0 Å². The fraction of sp³-hybridized carbons (Fsp3) is 0.400. The summed E-state index contributed by atoms with van der Waals surface area (Å²) in [6.45, 7) is 2.22. The lowest BCUT2D eigenvalue weighted by Gasteiger charge is -2.20. The van der Waals surface area contributed by atoms with Crippen LogP contribution in [0.1, 0.15) is 36.8 Å². The third kappa shape index (κ3) is 3.56. The smallest absolute Gasteiger partial charge is 0.264 e. The molecule has 2 aliphatic rings. The molecule has 0 spiro atoms. The molecule has 2 aromatic rings. The minimum Gasteiger partial charge on any atom is -0.266 e. The number of aryl methyl sites for hydroxylation is 1. The summed E-state index contributed by atoms with van der Waals surface area (Å²) < 4.78 is 55.5. The summed E-state index contributed by atoms with van der Waals surface area (Å²) in [5, 5.41) is 0. The van der Waals surface area contributed by atoms with Crippen LogP contribution in [0.3, 0.4) is 0 Å². The standard InChI is InChI=1S/C20H24N2O4S2/c1-15-6-8-18(9-7-15)28(25,26)22-13-12-16-14-19(10-11-20(16)22)27(23,24)21-17-4-2-3-5-17/h6-11,14,17,21H,2-5,12-13H2,1H3. The molecule has 4 rings (SSSR count). The van der Waals surface area contributed by atoms with Crippen LogP contribution in [0.4, 0.5) is 5.69 Å². The summed E-state index contributed by atoms with van der Waals surface area (Å²) in [6, 6.07) is 11.5. The molecule has 6 nitrogen and oxygen atoms in total. The largest absolute Gasteiger partial charge is 0.266 e. The van der Waals surface area contributed by atoms with Gasteiger partial charge in [-0.05, 0) is 62.1 Å². The van der Waals surface area contributed by atoms with Crippen molar-refractivity contribution in [3.05, 3.63) is 53.6 Å². The second kappa shape index (κ2) is 7.17. The van der Waals surface area contributed by atoms with E-state index in [1.807, 2.05) is 6.92 Å². The van der Waals surface area contributed by atoms with E-state index in [1.165, 1.54) is 10.4 Å². The van der Waals surface area contributed by atoms with Crippen LogP contribution in [0.15, 0.2) is 52.3 Å². The highest BCUT2D eigenvalue weighted by Gasteiger charge is 2.32. The van der Waals surface area contributed by atoms with Crippen molar-refractivity contribution in [1.29, 1.82) is 0 Å². The predicted molar refractivity (Wildman–Crippen MR) is 108 cm³/mol. The van der Waals surface area contributed by atoms with Gasteiger partial charge in [-0.3, -0.25) is 4.31 Å². The molecular weight excluding hydrogens is 396 g/mol. The van der Waals surface area contributed by atoms with Crippen molar-refractivity contribution in [3.63, 3.8) is 0 Å². The van der Waals surface area contributed by atoms with Crippen LogP contribution in [0, 0.1) is 6.92 Å². The third-order valence-electron chi connectivity index (χ3n) is 5.50. The van der Waals surface area contributed by atoms with E-state index in [4.69, 9.17) is 0 Å². The number of benzene rings is 2. The lowest BCUT2D eigenvalue weighted by atomic mass is 10.2. The van der Waals surface area contributed by atoms with Crippen LogP contribution >= 0.6 is 0 Å². The summed E-state index contributed by atoms with van der Waals surface area (Å²) in [4.78, 5) is 0.443. The zero-order valence-electron chi connectivity index (χ0n) is 15.8. The summed E-state index contributed by atoms with van der Waals surface area (Å²) >= 11 is 0. The molecule has 1 aliphatic carbocycles. The van der Waals surface area contributed by atoms with Gasteiger partial charge in [0.25, 0.3) is 10.0 Å². The van der Waals surface area contributed by atoms with Crippen LogP contribution in [0.2, 0.25) is 0 Å². The molecule has 0 saturated heterocycles. The van der Waals surface area contributed by atoms with Crippen LogP contribution in [-0.4, -0.2) is 29.4 Å². The van der Waals surface area contributed by atoms with Gasteiger partial charge >= 0.3 is 0 Å². The fourth-order valence-corrected chi connectivity index (χ4v) is 6.79. The van der Waals surface area contributed by atoms with Crippen LogP contribution < -0.4 is 9.03 Å². The first-order valence-electron chi connectivity index (χ1n) is 9.52. The van der Waals surface area contributed by atoms with Gasteiger partial charge in [-0.1, -0.05) is 30.5 Å². The van der Waals surface area contributed by atoms with E-state index in [0.717, 1.165) is 36.8 Å². The lowest BCUT2D eigenvalue weighted by Crippen LogP contribution is -2.32. The first-order valence-corrected chi connectivity index (χ1v) is 12.4. The topological polar surface area (TPSA) is 83.6 Å². The third-order valence-corrected chi connectivity index (χ3v) is 8.85. The zero-order valence-corrected chi connectivity index (χ0v) is 17.4. The number of fused-ring (bicyclic) bond motifs is 1. The van der Waals surface area contributed by atoms with Gasteiger partial charge < -0.3 is 0 Å². The molecule has 150 valence electrons. The lowest BCUT2D eigenvalue weighted by molar-refractivity contribution is 0.552. The molecule has 0 radical (unpaired) electrons. The Labute approximate surface area is 166 Å². The van der Waals surface area contributed by atoms with Crippen LogP contribution in [-0.2, 0) is 26.5 Å². The van der Waals surface area contributed by atoms with E-state index in [-0.39, 0.29) is 15.8 Å². The Morgan fingerprint density at radius 2 is 1.57 bits per heavy atom. The number of rotatable bonds is 5. The van der Waals surface area contributed by atoms with Crippen molar-refractivity contribution in [1.82, 2.24) is 4.72 Å². The Morgan fingerprint density at radius 3 is 2.25 bits per heavy atom. The molecule has 2 aromatic carbocycles. The Bertz CT molecular complexity index is 1090. The molecule has 0 unspecified atom stereocenters. The van der Waals surface area contributed by atoms with Gasteiger partial charge in [-0.15, -0.1) is 0 Å². The molecule has 1 heterocycles. The van der Waals surface area contributed by atoms with Gasteiger partial charge in [0.1, 0.15) is 0 Å². The van der Waals surface area contributed by atoms with Crippen LogP contribution in [0.5, 0.6) is 0 Å². The molecule has 8 heteroatoms. The normalized spacial score (nSPS) is 17.8. The number of nitrogens with one attached hydrogen (secondary N) is 1. The fourth-order valence-electron chi connectivity index (χ4n) is 3.93. The van der Waals surface area contributed by atoms with Gasteiger partial charge in [0.05, 0.1) is 15.5 Å². The maximum absolute atomic E-state index is 13.0. The molecule has 1 aliphatic heterocycles. The van der Waals surface area contributed by atoms with Gasteiger partial charge in [-0.2, -0.15) is 0 Å². The Hall–Kier alpha value is -1.90. The average molecular weight is 421 g/mol. The highest BCUT2D eigenvalue weighted by molar-refractivity contribution is 7.92. The molecule has 0 atom stereocenters. The highest BCUT2D eigenvalue weighted by Crippen LogP contribution is 2.34. The Balaban J connectivity index is 1.62. The summed E-state index contributed by atoms with van der Waals surface area (Å²) in [7, 11) is -7.26. The monoisotopic (exact) mass is 420 g/mol. The molecule has 1 fully saturated rings. The van der Waals surface area contributed by atoms with E-state index in [9.17, 15) is 16.8 Å². The van der Waals surface area contributed by atoms with E-state index in [0.29, 0.717) is 18.7 Å². The second-order valence-corrected chi connectivity index (χ2v) is 11.1. The molecule has 0 amide bonds. The predicted octanol–water partition coefficient (Wildman–Crippen LogP) is 2.97. The maximum Gasteiger partial charge on any atom is 0.264 e. The van der Waals surface area contributed by atoms with E-state index < -0.39 is 20.0 Å². The molecule has 28 heavy (non-hydrogen) atoms. The van der Waals surface area contributed by atoms with Crippen LogP contribution in [0.25, 0.3) is 0 Å². The van der Waals surface area contributed by atoms with Crippen molar-refractivity contribution in [2.24, 2.45) is 0 Å². The minimum absolute atomic E-state index is 0.00309. The number of hydrogen-bond donors (Lipinski definition) is 1. The minimum atomic E-state index is -3.67. The molecule has 0 bridgehead atoms. The van der Waals surface area contributed by atoms with Gasteiger partial charge in [0.15, 0.2) is 0 Å². The van der Waals surface area contributed by atoms with Crippen molar-refractivity contribution < 1.29 is 16.8 Å². The highest BCUT2D eigenvalue weighted by atomic mass is 32.2. The van der Waals surface area contributed by atoms with Crippen molar-refractivity contribution in [2.45, 2.75) is 54.9 Å². The first-order chi connectivity index (χ1) is 13.3. The summed E-state index contributed by atoms with van der Waals surface area (Å²) in [5.74, 6) is 0. The average Bonchev–Trinajstić information content (AvgIpc) is 3.30. The van der Waals surface area contributed by atoms with E-state index in [2.05, 4.69) is 4.72 Å². The quantitative estimate of drug-likeness (QED) is 0.806. The molecule has 1 N–H and O–H groups in total. The molecular formula is C20H24N2O4S2. The number of anilines is 1.